The van der Waals surface area contributed by atoms with Crippen molar-refractivity contribution in [2.45, 2.75) is 0 Å². The number of nitrogens with one attached hydrogen (secondary N) is 1. The first kappa shape index (κ1) is 21.8. The Hall–Kier alpha value is -4.46. The fraction of sp³-hybridized carbons (Fsp3) is 0.0800. The zero-order chi connectivity index (χ0) is 23.2. The molecule has 0 atom stereocenters. The van der Waals surface area contributed by atoms with Crippen LogP contribution in [0.1, 0.15) is 10.4 Å². The second-order valence-corrected chi connectivity index (χ2v) is 6.90. The number of carbonyl (C=O) groups excluding carboxylic acids is 1. The van der Waals surface area contributed by atoms with Gasteiger partial charge in [-0.2, -0.15) is 0 Å². The van der Waals surface area contributed by atoms with Gasteiger partial charge in [0.25, 0.3) is 5.91 Å². The molecule has 7 nitrogen and oxygen atoms in total. The number of methoxy groups -OCH3 is 2. The standard InChI is InChI=1S/C25H20FN3O4/c1-31-19-10-11-21(23(13-19)32-2)29-25(30)17-4-3-5-20(12-17)33-24-14-22(27-15-28-24)16-6-8-18(26)9-7-16/h3-15H,1-2H3,(H,29,30). The molecule has 0 aliphatic heterocycles. The number of nitrogens with zero attached hydrogens (tertiary/aromatic N) is 2. The third-order valence-electron chi connectivity index (χ3n) is 4.76. The molecule has 0 bridgehead atoms. The molecule has 1 N–H and O–H groups in total. The van der Waals surface area contributed by atoms with Crippen molar-refractivity contribution < 1.29 is 23.4 Å². The van der Waals surface area contributed by atoms with Crippen molar-refractivity contribution >= 4 is 11.6 Å². The summed E-state index contributed by atoms with van der Waals surface area (Å²) in [5.41, 5.74) is 2.21. The Balaban J connectivity index is 1.51. The zero-order valence-corrected chi connectivity index (χ0v) is 17.9. The predicted molar refractivity (Wildman–Crippen MR) is 121 cm³/mol. The van der Waals surface area contributed by atoms with E-state index in [4.69, 9.17) is 14.2 Å². The molecule has 0 saturated carbocycles. The van der Waals surface area contributed by atoms with Crippen LogP contribution in [0, 0.1) is 5.82 Å². The first-order valence-electron chi connectivity index (χ1n) is 9.95. The van der Waals surface area contributed by atoms with Crippen LogP contribution in [0.15, 0.2) is 79.1 Å². The van der Waals surface area contributed by atoms with E-state index in [9.17, 15) is 9.18 Å². The minimum atomic E-state index is -0.335. The second kappa shape index (κ2) is 9.78. The summed E-state index contributed by atoms with van der Waals surface area (Å²) in [5.74, 6) is 1.14. The van der Waals surface area contributed by atoms with E-state index in [2.05, 4.69) is 15.3 Å². The summed E-state index contributed by atoms with van der Waals surface area (Å²) in [6.07, 6.45) is 1.36. The summed E-state index contributed by atoms with van der Waals surface area (Å²) in [5, 5.41) is 2.82. The average molecular weight is 445 g/mol. The SMILES string of the molecule is COc1ccc(NC(=O)c2cccc(Oc3cc(-c4ccc(F)cc4)ncn3)c2)c(OC)c1. The molecular weight excluding hydrogens is 425 g/mol. The van der Waals surface area contributed by atoms with Gasteiger partial charge in [-0.05, 0) is 54.6 Å². The maximum Gasteiger partial charge on any atom is 0.255 e. The smallest absolute Gasteiger partial charge is 0.255 e. The third kappa shape index (κ3) is 5.24. The number of benzene rings is 3. The lowest BCUT2D eigenvalue weighted by Gasteiger charge is -2.12. The normalized spacial score (nSPS) is 10.4. The highest BCUT2D eigenvalue weighted by atomic mass is 19.1. The molecule has 4 aromatic rings. The highest BCUT2D eigenvalue weighted by Gasteiger charge is 2.12. The summed E-state index contributed by atoms with van der Waals surface area (Å²) >= 11 is 0. The van der Waals surface area contributed by atoms with E-state index in [0.717, 1.165) is 5.56 Å². The molecule has 1 heterocycles. The fourth-order valence-electron chi connectivity index (χ4n) is 3.09. The Kier molecular flexibility index (Phi) is 6.45. The molecule has 0 aliphatic rings. The molecule has 3 aromatic carbocycles. The quantitative estimate of drug-likeness (QED) is 0.413. The minimum Gasteiger partial charge on any atom is -0.497 e. The molecule has 0 unspecified atom stereocenters. The lowest BCUT2D eigenvalue weighted by Crippen LogP contribution is -2.12. The Labute approximate surface area is 189 Å². The van der Waals surface area contributed by atoms with Gasteiger partial charge in [-0.15, -0.1) is 0 Å². The van der Waals surface area contributed by atoms with Gasteiger partial charge in [0.05, 0.1) is 25.6 Å². The number of anilines is 1. The van der Waals surface area contributed by atoms with E-state index < -0.39 is 0 Å². The van der Waals surface area contributed by atoms with E-state index in [1.54, 1.807) is 67.8 Å². The molecule has 8 heteroatoms. The van der Waals surface area contributed by atoms with Gasteiger partial charge in [-0.3, -0.25) is 4.79 Å². The van der Waals surface area contributed by atoms with E-state index >= 15 is 0 Å². The summed E-state index contributed by atoms with van der Waals surface area (Å²) in [7, 11) is 3.07. The van der Waals surface area contributed by atoms with Gasteiger partial charge in [0.2, 0.25) is 5.88 Å². The Morgan fingerprint density at radius 2 is 1.70 bits per heavy atom. The molecule has 166 valence electrons. The number of hydrogen-bond donors (Lipinski definition) is 1. The third-order valence-corrected chi connectivity index (χ3v) is 4.76. The molecule has 0 radical (unpaired) electrons. The maximum atomic E-state index is 13.2. The van der Waals surface area contributed by atoms with Crippen LogP contribution in [0.5, 0.6) is 23.1 Å². The van der Waals surface area contributed by atoms with Gasteiger partial charge < -0.3 is 19.5 Å². The number of ether oxygens (including phenoxy) is 3. The molecule has 33 heavy (non-hydrogen) atoms. The fourth-order valence-corrected chi connectivity index (χ4v) is 3.09. The van der Waals surface area contributed by atoms with E-state index in [1.165, 1.54) is 25.6 Å². The van der Waals surface area contributed by atoms with Gasteiger partial charge in [-0.25, -0.2) is 14.4 Å². The summed E-state index contributed by atoms with van der Waals surface area (Å²) < 4.78 is 29.5. The molecule has 4 rings (SSSR count). The van der Waals surface area contributed by atoms with Crippen LogP contribution < -0.4 is 19.5 Å². The number of hydrogen-bond acceptors (Lipinski definition) is 6. The maximum absolute atomic E-state index is 13.2. The highest BCUT2D eigenvalue weighted by molar-refractivity contribution is 6.05. The number of rotatable bonds is 7. The molecule has 1 aromatic heterocycles. The first-order chi connectivity index (χ1) is 16.1. The van der Waals surface area contributed by atoms with Gasteiger partial charge in [0.15, 0.2) is 0 Å². The molecule has 0 aliphatic carbocycles. The largest absolute Gasteiger partial charge is 0.497 e. The zero-order valence-electron chi connectivity index (χ0n) is 17.9. The van der Waals surface area contributed by atoms with Gasteiger partial charge in [0.1, 0.15) is 29.4 Å². The Morgan fingerprint density at radius 1 is 0.879 bits per heavy atom. The monoisotopic (exact) mass is 445 g/mol. The number of amides is 1. The van der Waals surface area contributed by atoms with Crippen molar-refractivity contribution in [2.24, 2.45) is 0 Å². The van der Waals surface area contributed by atoms with E-state index in [-0.39, 0.29) is 11.7 Å². The van der Waals surface area contributed by atoms with Crippen LogP contribution in [-0.4, -0.2) is 30.1 Å². The van der Waals surface area contributed by atoms with Crippen molar-refractivity contribution in [1.82, 2.24) is 9.97 Å². The number of halogens is 1. The molecule has 0 fully saturated rings. The van der Waals surface area contributed by atoms with Crippen molar-refractivity contribution in [3.05, 3.63) is 90.5 Å². The second-order valence-electron chi connectivity index (χ2n) is 6.90. The minimum absolute atomic E-state index is 0.290. The summed E-state index contributed by atoms with van der Waals surface area (Å²) in [6, 6.07) is 19.4. The average Bonchev–Trinajstić information content (AvgIpc) is 2.85. The Bertz CT molecular complexity index is 1280. The van der Waals surface area contributed by atoms with E-state index in [0.29, 0.717) is 40.1 Å². The summed E-state index contributed by atoms with van der Waals surface area (Å²) in [6.45, 7) is 0. The van der Waals surface area contributed by atoms with Crippen LogP contribution in [0.3, 0.4) is 0 Å². The van der Waals surface area contributed by atoms with Crippen LogP contribution in [-0.2, 0) is 0 Å². The van der Waals surface area contributed by atoms with E-state index in [1.807, 2.05) is 0 Å². The van der Waals surface area contributed by atoms with Gasteiger partial charge in [0, 0.05) is 23.3 Å². The van der Waals surface area contributed by atoms with Crippen LogP contribution >= 0.6 is 0 Å². The number of carbonyl (C=O) groups is 1. The molecule has 0 saturated heterocycles. The topological polar surface area (TPSA) is 82.6 Å². The van der Waals surface area contributed by atoms with Gasteiger partial charge in [-0.1, -0.05) is 6.07 Å². The van der Waals surface area contributed by atoms with Crippen molar-refractivity contribution in [2.75, 3.05) is 19.5 Å². The predicted octanol–water partition coefficient (Wildman–Crippen LogP) is 5.34. The lowest BCUT2D eigenvalue weighted by atomic mass is 10.1. The van der Waals surface area contributed by atoms with Crippen molar-refractivity contribution in [3.63, 3.8) is 0 Å². The first-order valence-corrected chi connectivity index (χ1v) is 9.95. The molecule has 0 spiro atoms. The molecular formula is C25H20FN3O4. The van der Waals surface area contributed by atoms with Crippen molar-refractivity contribution in [1.29, 1.82) is 0 Å². The lowest BCUT2D eigenvalue weighted by molar-refractivity contribution is 0.102. The number of aromatic nitrogens is 2. The van der Waals surface area contributed by atoms with Crippen LogP contribution in [0.2, 0.25) is 0 Å². The summed E-state index contributed by atoms with van der Waals surface area (Å²) in [4.78, 5) is 21.1. The van der Waals surface area contributed by atoms with Crippen LogP contribution in [0.25, 0.3) is 11.3 Å². The molecule has 1 amide bonds. The highest BCUT2D eigenvalue weighted by Crippen LogP contribution is 2.30. The van der Waals surface area contributed by atoms with Crippen LogP contribution in [0.4, 0.5) is 10.1 Å². The van der Waals surface area contributed by atoms with Crippen molar-refractivity contribution in [3.8, 4) is 34.4 Å². The van der Waals surface area contributed by atoms with Gasteiger partial charge >= 0.3 is 0 Å². The Morgan fingerprint density at radius 3 is 2.45 bits per heavy atom.